The summed E-state index contributed by atoms with van der Waals surface area (Å²) in [7, 11) is 1.91. The number of rotatable bonds is 4. The first-order valence-electron chi connectivity index (χ1n) is 5.02. The number of amidine groups is 1. The molecule has 0 aliphatic heterocycles. The van der Waals surface area contributed by atoms with E-state index in [0.29, 0.717) is 13.0 Å². The van der Waals surface area contributed by atoms with E-state index in [4.69, 9.17) is 10.9 Å². The lowest BCUT2D eigenvalue weighted by atomic mass is 10.3. The van der Waals surface area contributed by atoms with Crippen molar-refractivity contribution >= 4 is 11.7 Å². The summed E-state index contributed by atoms with van der Waals surface area (Å²) in [4.78, 5) is 10.5. The Labute approximate surface area is 94.8 Å². The second-order valence-electron chi connectivity index (χ2n) is 3.68. The number of aromatic nitrogens is 2. The number of aryl methyl sites for hydroxylation is 2. The van der Waals surface area contributed by atoms with Crippen LogP contribution in [0.2, 0.25) is 0 Å². The zero-order valence-corrected chi connectivity index (χ0v) is 9.80. The number of nitrogens with zero attached hydrogens (tertiary/aromatic N) is 4. The van der Waals surface area contributed by atoms with Crippen LogP contribution in [0.25, 0.3) is 0 Å². The van der Waals surface area contributed by atoms with Gasteiger partial charge in [0.1, 0.15) is 17.5 Å². The van der Waals surface area contributed by atoms with Gasteiger partial charge in [0.2, 0.25) is 0 Å². The normalized spacial score (nSPS) is 11.6. The van der Waals surface area contributed by atoms with Crippen molar-refractivity contribution in [2.45, 2.75) is 20.3 Å². The molecule has 88 valence electrons. The largest absolute Gasteiger partial charge is 0.409 e. The molecule has 0 atom stereocenters. The van der Waals surface area contributed by atoms with Crippen LogP contribution in [-0.4, -0.2) is 34.6 Å². The lowest BCUT2D eigenvalue weighted by Gasteiger charge is -2.18. The summed E-state index contributed by atoms with van der Waals surface area (Å²) >= 11 is 0. The summed E-state index contributed by atoms with van der Waals surface area (Å²) < 4.78 is 0. The van der Waals surface area contributed by atoms with E-state index in [-0.39, 0.29) is 5.84 Å². The molecule has 0 amide bonds. The topological polar surface area (TPSA) is 87.6 Å². The highest BCUT2D eigenvalue weighted by molar-refractivity contribution is 5.80. The second-order valence-corrected chi connectivity index (χ2v) is 3.68. The number of hydrogen-bond acceptors (Lipinski definition) is 5. The molecular formula is C10H17N5O. The summed E-state index contributed by atoms with van der Waals surface area (Å²) in [6.45, 7) is 4.43. The summed E-state index contributed by atoms with van der Waals surface area (Å²) in [6.07, 6.45) is 0.495. The van der Waals surface area contributed by atoms with Gasteiger partial charge in [-0.2, -0.15) is 0 Å². The number of oxime groups is 1. The van der Waals surface area contributed by atoms with Gasteiger partial charge in [-0.15, -0.1) is 0 Å². The van der Waals surface area contributed by atoms with E-state index in [1.165, 1.54) is 0 Å². The lowest BCUT2D eigenvalue weighted by Crippen LogP contribution is -2.25. The molecule has 3 N–H and O–H groups in total. The first-order chi connectivity index (χ1) is 7.52. The first kappa shape index (κ1) is 12.2. The lowest BCUT2D eigenvalue weighted by molar-refractivity contribution is 0.317. The molecule has 1 rings (SSSR count). The molecule has 0 aliphatic carbocycles. The van der Waals surface area contributed by atoms with Crippen molar-refractivity contribution in [3.8, 4) is 0 Å². The third-order valence-corrected chi connectivity index (χ3v) is 2.18. The van der Waals surface area contributed by atoms with Crippen LogP contribution in [0.4, 0.5) is 5.82 Å². The Kier molecular flexibility index (Phi) is 4.04. The molecule has 6 nitrogen and oxygen atoms in total. The van der Waals surface area contributed by atoms with Crippen LogP contribution in [0.3, 0.4) is 0 Å². The van der Waals surface area contributed by atoms with Gasteiger partial charge in [-0.3, -0.25) is 0 Å². The van der Waals surface area contributed by atoms with Crippen molar-refractivity contribution in [1.82, 2.24) is 9.97 Å². The Bertz CT molecular complexity index is 371. The van der Waals surface area contributed by atoms with Gasteiger partial charge in [0.05, 0.1) is 0 Å². The highest BCUT2D eigenvalue weighted by Crippen LogP contribution is 2.10. The third-order valence-electron chi connectivity index (χ3n) is 2.18. The van der Waals surface area contributed by atoms with Crippen LogP contribution in [0.1, 0.15) is 17.9 Å². The number of hydrogen-bond donors (Lipinski definition) is 2. The Morgan fingerprint density at radius 3 is 2.75 bits per heavy atom. The summed E-state index contributed by atoms with van der Waals surface area (Å²) in [5.74, 6) is 1.80. The Morgan fingerprint density at radius 1 is 1.50 bits per heavy atom. The standard InChI is InChI=1S/C10H17N5O/c1-7-6-10(13-8(2)12-7)15(3)5-4-9(11)14-16/h6,16H,4-5H2,1-3H3,(H2,11,14). The zero-order valence-electron chi connectivity index (χ0n) is 9.80. The van der Waals surface area contributed by atoms with Crippen LogP contribution >= 0.6 is 0 Å². The maximum atomic E-state index is 8.43. The molecule has 0 saturated heterocycles. The molecule has 16 heavy (non-hydrogen) atoms. The minimum atomic E-state index is 0.217. The van der Waals surface area contributed by atoms with Gasteiger partial charge in [0.25, 0.3) is 0 Å². The highest BCUT2D eigenvalue weighted by atomic mass is 16.4. The van der Waals surface area contributed by atoms with Gasteiger partial charge in [0, 0.05) is 31.8 Å². The molecule has 0 spiro atoms. The van der Waals surface area contributed by atoms with E-state index >= 15 is 0 Å². The van der Waals surface area contributed by atoms with Crippen molar-refractivity contribution in [3.05, 3.63) is 17.6 Å². The van der Waals surface area contributed by atoms with E-state index < -0.39 is 0 Å². The van der Waals surface area contributed by atoms with Gasteiger partial charge in [-0.1, -0.05) is 5.16 Å². The quantitative estimate of drug-likeness (QED) is 0.339. The summed E-state index contributed by atoms with van der Waals surface area (Å²) in [6, 6.07) is 1.90. The van der Waals surface area contributed by atoms with E-state index in [0.717, 1.165) is 17.3 Å². The van der Waals surface area contributed by atoms with E-state index in [1.54, 1.807) is 0 Å². The van der Waals surface area contributed by atoms with E-state index in [9.17, 15) is 0 Å². The van der Waals surface area contributed by atoms with Crippen molar-refractivity contribution in [1.29, 1.82) is 0 Å². The van der Waals surface area contributed by atoms with Crippen molar-refractivity contribution in [2.75, 3.05) is 18.5 Å². The fraction of sp³-hybridized carbons (Fsp3) is 0.500. The monoisotopic (exact) mass is 223 g/mol. The zero-order chi connectivity index (χ0) is 12.1. The number of anilines is 1. The van der Waals surface area contributed by atoms with Crippen LogP contribution in [-0.2, 0) is 0 Å². The molecule has 0 radical (unpaired) electrons. The average molecular weight is 223 g/mol. The Balaban J connectivity index is 2.69. The molecule has 0 unspecified atom stereocenters. The highest BCUT2D eigenvalue weighted by Gasteiger charge is 2.05. The molecule has 1 heterocycles. The molecule has 6 heteroatoms. The first-order valence-corrected chi connectivity index (χ1v) is 5.02. The molecule has 1 aromatic rings. The molecule has 0 aromatic carbocycles. The molecule has 0 fully saturated rings. The smallest absolute Gasteiger partial charge is 0.140 e. The predicted molar refractivity (Wildman–Crippen MR) is 62.8 cm³/mol. The van der Waals surface area contributed by atoms with Crippen LogP contribution in [0, 0.1) is 13.8 Å². The molecule has 1 aromatic heterocycles. The van der Waals surface area contributed by atoms with Gasteiger partial charge in [-0.05, 0) is 13.8 Å². The van der Waals surface area contributed by atoms with Crippen LogP contribution in [0.15, 0.2) is 11.2 Å². The maximum Gasteiger partial charge on any atom is 0.140 e. The van der Waals surface area contributed by atoms with Crippen molar-refractivity contribution < 1.29 is 5.21 Å². The molecule has 0 aliphatic rings. The molecule has 0 bridgehead atoms. The maximum absolute atomic E-state index is 8.43. The van der Waals surface area contributed by atoms with Crippen molar-refractivity contribution in [2.24, 2.45) is 10.9 Å². The minimum absolute atomic E-state index is 0.217. The van der Waals surface area contributed by atoms with Gasteiger partial charge in [-0.25, -0.2) is 9.97 Å². The van der Waals surface area contributed by atoms with Crippen molar-refractivity contribution in [3.63, 3.8) is 0 Å². The van der Waals surface area contributed by atoms with Gasteiger partial charge < -0.3 is 15.8 Å². The average Bonchev–Trinajstić information content (AvgIpc) is 2.23. The summed E-state index contributed by atoms with van der Waals surface area (Å²) in [5.41, 5.74) is 6.33. The van der Waals surface area contributed by atoms with Crippen LogP contribution in [0.5, 0.6) is 0 Å². The molecule has 0 saturated carbocycles. The summed E-state index contributed by atoms with van der Waals surface area (Å²) in [5, 5.41) is 11.3. The van der Waals surface area contributed by atoms with Gasteiger partial charge in [0.15, 0.2) is 0 Å². The number of nitrogens with two attached hydrogens (primary N) is 1. The predicted octanol–water partition coefficient (Wildman–Crippen LogP) is 0.666. The third kappa shape index (κ3) is 3.38. The fourth-order valence-electron chi connectivity index (χ4n) is 1.34. The Hall–Kier alpha value is -1.85. The Morgan fingerprint density at radius 2 is 2.19 bits per heavy atom. The molecular weight excluding hydrogens is 206 g/mol. The van der Waals surface area contributed by atoms with E-state index in [2.05, 4.69) is 15.1 Å². The van der Waals surface area contributed by atoms with E-state index in [1.807, 2.05) is 31.9 Å². The van der Waals surface area contributed by atoms with Crippen LogP contribution < -0.4 is 10.6 Å². The minimum Gasteiger partial charge on any atom is -0.409 e. The SMILES string of the molecule is Cc1cc(N(C)CC/C(N)=N/O)nc(C)n1. The fourth-order valence-corrected chi connectivity index (χ4v) is 1.34. The second kappa shape index (κ2) is 5.29. The van der Waals surface area contributed by atoms with Gasteiger partial charge >= 0.3 is 0 Å².